The van der Waals surface area contributed by atoms with E-state index < -0.39 is 10.2 Å². The number of rotatable bonds is 4. The zero-order chi connectivity index (χ0) is 15.6. The third kappa shape index (κ3) is 4.18. The molecule has 0 amide bonds. The smallest absolute Gasteiger partial charge is 0.279 e. The first-order valence-corrected chi connectivity index (χ1v) is 9.31. The van der Waals surface area contributed by atoms with Crippen LogP contribution in [0.4, 0.5) is 5.69 Å². The summed E-state index contributed by atoms with van der Waals surface area (Å²) >= 11 is 3.50. The number of anilines is 1. The molecule has 0 saturated carbocycles. The van der Waals surface area contributed by atoms with E-state index in [2.05, 4.69) is 44.6 Å². The van der Waals surface area contributed by atoms with E-state index in [9.17, 15) is 8.42 Å². The van der Waals surface area contributed by atoms with E-state index in [1.165, 1.54) is 9.87 Å². The van der Waals surface area contributed by atoms with Crippen molar-refractivity contribution >= 4 is 31.8 Å². The Morgan fingerprint density at radius 3 is 2.33 bits per heavy atom. The SMILES string of the molecule is Cc1cc(N2CCN(S(=O)(=O)NC(C)C)CC2)ccc1Br. The van der Waals surface area contributed by atoms with Crippen LogP contribution < -0.4 is 9.62 Å². The quantitative estimate of drug-likeness (QED) is 0.876. The average molecular weight is 376 g/mol. The monoisotopic (exact) mass is 375 g/mol. The Balaban J connectivity index is 2.01. The number of hydrogen-bond acceptors (Lipinski definition) is 3. The molecule has 118 valence electrons. The summed E-state index contributed by atoms with van der Waals surface area (Å²) < 4.78 is 29.5. The van der Waals surface area contributed by atoms with Crippen LogP contribution >= 0.6 is 15.9 Å². The zero-order valence-electron chi connectivity index (χ0n) is 12.6. The van der Waals surface area contributed by atoms with E-state index >= 15 is 0 Å². The predicted octanol–water partition coefficient (Wildman–Crippen LogP) is 2.12. The second-order valence-electron chi connectivity index (χ2n) is 5.60. The predicted molar refractivity (Wildman–Crippen MR) is 89.9 cm³/mol. The fourth-order valence-corrected chi connectivity index (χ4v) is 4.02. The molecular weight excluding hydrogens is 354 g/mol. The minimum absolute atomic E-state index is 0.0813. The second-order valence-corrected chi connectivity index (χ2v) is 8.15. The molecule has 0 aromatic heterocycles. The molecule has 1 fully saturated rings. The lowest BCUT2D eigenvalue weighted by Crippen LogP contribution is -2.53. The summed E-state index contributed by atoms with van der Waals surface area (Å²) in [4.78, 5) is 2.22. The van der Waals surface area contributed by atoms with Crippen molar-refractivity contribution in [2.45, 2.75) is 26.8 Å². The highest BCUT2D eigenvalue weighted by Crippen LogP contribution is 2.24. The van der Waals surface area contributed by atoms with Gasteiger partial charge >= 0.3 is 0 Å². The molecule has 21 heavy (non-hydrogen) atoms. The number of piperazine rings is 1. The summed E-state index contributed by atoms with van der Waals surface area (Å²) in [6.07, 6.45) is 0. The lowest BCUT2D eigenvalue weighted by molar-refractivity contribution is 0.375. The summed E-state index contributed by atoms with van der Waals surface area (Å²) in [5, 5.41) is 0. The number of hydrogen-bond donors (Lipinski definition) is 1. The van der Waals surface area contributed by atoms with Gasteiger partial charge in [0, 0.05) is 42.4 Å². The molecule has 1 aliphatic heterocycles. The molecule has 1 heterocycles. The molecule has 1 aliphatic rings. The van der Waals surface area contributed by atoms with Crippen molar-refractivity contribution in [3.8, 4) is 0 Å². The fourth-order valence-electron chi connectivity index (χ4n) is 2.38. The largest absolute Gasteiger partial charge is 0.369 e. The van der Waals surface area contributed by atoms with Crippen LogP contribution in [0.1, 0.15) is 19.4 Å². The lowest BCUT2D eigenvalue weighted by atomic mass is 10.2. The van der Waals surface area contributed by atoms with Gasteiger partial charge < -0.3 is 4.90 Å². The topological polar surface area (TPSA) is 52.7 Å². The Kier molecular flexibility index (Phi) is 5.29. The number of benzene rings is 1. The van der Waals surface area contributed by atoms with Gasteiger partial charge in [0.15, 0.2) is 0 Å². The summed E-state index contributed by atoms with van der Waals surface area (Å²) in [5.74, 6) is 0. The van der Waals surface area contributed by atoms with Gasteiger partial charge in [-0.1, -0.05) is 15.9 Å². The number of halogens is 1. The molecule has 1 N–H and O–H groups in total. The molecule has 0 unspecified atom stereocenters. The molecule has 0 atom stereocenters. The first kappa shape index (κ1) is 16.7. The minimum Gasteiger partial charge on any atom is -0.369 e. The van der Waals surface area contributed by atoms with Crippen LogP contribution in [0.3, 0.4) is 0 Å². The Morgan fingerprint density at radius 1 is 1.19 bits per heavy atom. The van der Waals surface area contributed by atoms with Crippen molar-refractivity contribution < 1.29 is 8.42 Å². The van der Waals surface area contributed by atoms with Gasteiger partial charge in [0.2, 0.25) is 0 Å². The van der Waals surface area contributed by atoms with E-state index in [0.717, 1.165) is 10.2 Å². The lowest BCUT2D eigenvalue weighted by Gasteiger charge is -2.35. The molecule has 0 spiro atoms. The Morgan fingerprint density at radius 2 is 1.81 bits per heavy atom. The van der Waals surface area contributed by atoms with Crippen LogP contribution in [-0.4, -0.2) is 44.9 Å². The maximum absolute atomic E-state index is 12.1. The normalized spacial score (nSPS) is 17.5. The molecule has 1 aromatic rings. The van der Waals surface area contributed by atoms with Crippen LogP contribution in [0, 0.1) is 6.92 Å². The van der Waals surface area contributed by atoms with Crippen molar-refractivity contribution in [3.63, 3.8) is 0 Å². The van der Waals surface area contributed by atoms with Crippen LogP contribution in [0.2, 0.25) is 0 Å². The van der Waals surface area contributed by atoms with E-state index in [0.29, 0.717) is 26.2 Å². The molecule has 0 radical (unpaired) electrons. The standard InChI is InChI=1S/C14H22BrN3O2S/c1-11(2)16-21(19,20)18-8-6-17(7-9-18)13-4-5-14(15)12(3)10-13/h4-5,10-11,16H,6-9H2,1-3H3. The van der Waals surface area contributed by atoms with Crippen molar-refractivity contribution in [3.05, 3.63) is 28.2 Å². The third-order valence-electron chi connectivity index (χ3n) is 3.47. The summed E-state index contributed by atoms with van der Waals surface area (Å²) in [6, 6.07) is 6.14. The highest BCUT2D eigenvalue weighted by atomic mass is 79.9. The van der Waals surface area contributed by atoms with Crippen LogP contribution in [0.15, 0.2) is 22.7 Å². The van der Waals surface area contributed by atoms with Gasteiger partial charge in [0.05, 0.1) is 0 Å². The van der Waals surface area contributed by atoms with Crippen molar-refractivity contribution in [1.82, 2.24) is 9.03 Å². The Labute approximate surface area is 135 Å². The summed E-state index contributed by atoms with van der Waals surface area (Å²) in [5.41, 5.74) is 2.33. The maximum atomic E-state index is 12.1. The van der Waals surface area contributed by atoms with Crippen molar-refractivity contribution in [2.75, 3.05) is 31.1 Å². The van der Waals surface area contributed by atoms with Gasteiger partial charge in [-0.2, -0.15) is 17.4 Å². The van der Waals surface area contributed by atoms with Gasteiger partial charge in [-0.15, -0.1) is 0 Å². The van der Waals surface area contributed by atoms with Crippen molar-refractivity contribution in [1.29, 1.82) is 0 Å². The third-order valence-corrected chi connectivity index (χ3v) is 6.17. The molecule has 5 nitrogen and oxygen atoms in total. The average Bonchev–Trinajstić information content (AvgIpc) is 2.41. The molecular formula is C14H22BrN3O2S. The van der Waals surface area contributed by atoms with Crippen LogP contribution in [-0.2, 0) is 10.2 Å². The van der Waals surface area contributed by atoms with E-state index in [1.54, 1.807) is 0 Å². The molecule has 1 aromatic carbocycles. The van der Waals surface area contributed by atoms with E-state index in [4.69, 9.17) is 0 Å². The number of aryl methyl sites for hydroxylation is 1. The molecule has 0 bridgehead atoms. The minimum atomic E-state index is -3.35. The number of nitrogens with zero attached hydrogens (tertiary/aromatic N) is 2. The van der Waals surface area contributed by atoms with Crippen LogP contribution in [0.5, 0.6) is 0 Å². The van der Waals surface area contributed by atoms with Gasteiger partial charge in [0.1, 0.15) is 0 Å². The van der Waals surface area contributed by atoms with Gasteiger partial charge in [0.25, 0.3) is 10.2 Å². The maximum Gasteiger partial charge on any atom is 0.279 e. The second kappa shape index (κ2) is 6.64. The number of nitrogens with one attached hydrogen (secondary N) is 1. The summed E-state index contributed by atoms with van der Waals surface area (Å²) in [6.45, 7) is 8.16. The van der Waals surface area contributed by atoms with E-state index in [1.807, 2.05) is 19.9 Å². The first-order chi connectivity index (χ1) is 9.79. The Hall–Kier alpha value is -0.630. The van der Waals surface area contributed by atoms with E-state index in [-0.39, 0.29) is 6.04 Å². The molecule has 7 heteroatoms. The summed E-state index contributed by atoms with van der Waals surface area (Å²) in [7, 11) is -3.35. The van der Waals surface area contributed by atoms with Crippen molar-refractivity contribution in [2.24, 2.45) is 0 Å². The van der Waals surface area contributed by atoms with Gasteiger partial charge in [-0.25, -0.2) is 0 Å². The van der Waals surface area contributed by atoms with Gasteiger partial charge in [-0.3, -0.25) is 0 Å². The fraction of sp³-hybridized carbons (Fsp3) is 0.571. The molecule has 2 rings (SSSR count). The van der Waals surface area contributed by atoms with Crippen LogP contribution in [0.25, 0.3) is 0 Å². The highest BCUT2D eigenvalue weighted by Gasteiger charge is 2.27. The first-order valence-electron chi connectivity index (χ1n) is 7.08. The Bertz CT molecular complexity index is 596. The molecule has 0 aliphatic carbocycles. The zero-order valence-corrected chi connectivity index (χ0v) is 15.0. The molecule has 1 saturated heterocycles. The van der Waals surface area contributed by atoms with Gasteiger partial charge in [-0.05, 0) is 44.5 Å². The highest BCUT2D eigenvalue weighted by molar-refractivity contribution is 9.10.